The molecule has 6 nitrogen and oxygen atoms in total. The number of rotatable bonds is 2. The van der Waals surface area contributed by atoms with Crippen LogP contribution in [0.3, 0.4) is 0 Å². The number of ether oxygens (including phenoxy) is 1. The first-order chi connectivity index (χ1) is 7.28. The summed E-state index contributed by atoms with van der Waals surface area (Å²) in [4.78, 5) is 24.5. The van der Waals surface area contributed by atoms with Gasteiger partial charge in [-0.15, -0.1) is 0 Å². The Balaban J connectivity index is 2.60. The molecule has 1 amide bonds. The average Bonchev–Trinajstić information content (AvgIpc) is 2.48. The van der Waals surface area contributed by atoms with Gasteiger partial charge in [-0.1, -0.05) is 0 Å². The minimum absolute atomic E-state index is 0.0751. The Labute approximate surface area is 92.6 Å². The van der Waals surface area contributed by atoms with Gasteiger partial charge in [-0.2, -0.15) is 0 Å². The summed E-state index contributed by atoms with van der Waals surface area (Å²) >= 11 is 0. The van der Waals surface area contributed by atoms with Crippen molar-refractivity contribution < 1.29 is 19.4 Å². The van der Waals surface area contributed by atoms with Crippen molar-refractivity contribution in [3.05, 3.63) is 17.8 Å². The molecule has 0 bridgehead atoms. The van der Waals surface area contributed by atoms with Crippen LogP contribution in [0.1, 0.15) is 31.1 Å². The van der Waals surface area contributed by atoms with Crippen LogP contribution in [-0.2, 0) is 4.74 Å². The molecule has 88 valence electrons. The molecule has 0 aliphatic carbocycles. The van der Waals surface area contributed by atoms with Crippen LogP contribution in [0, 0.1) is 0 Å². The molecule has 0 unspecified atom stereocenters. The molecular weight excluding hydrogens is 212 g/mol. The van der Waals surface area contributed by atoms with E-state index in [1.807, 2.05) is 0 Å². The van der Waals surface area contributed by atoms with Crippen molar-refractivity contribution in [2.45, 2.75) is 26.4 Å². The molecule has 1 heterocycles. The highest BCUT2D eigenvalue weighted by Gasteiger charge is 2.17. The van der Waals surface area contributed by atoms with E-state index in [0.717, 1.165) is 0 Å². The Bertz CT molecular complexity index is 403. The SMILES string of the molecule is CC(C)(C)OC(=O)Nc1cc(C(=O)O)c[nH]1. The van der Waals surface area contributed by atoms with Crippen molar-refractivity contribution in [1.82, 2.24) is 4.98 Å². The first-order valence-electron chi connectivity index (χ1n) is 4.69. The summed E-state index contributed by atoms with van der Waals surface area (Å²) in [5, 5.41) is 11.0. The van der Waals surface area contributed by atoms with E-state index in [-0.39, 0.29) is 11.4 Å². The van der Waals surface area contributed by atoms with Gasteiger partial charge in [-0.05, 0) is 26.8 Å². The lowest BCUT2D eigenvalue weighted by atomic mass is 10.2. The predicted molar refractivity (Wildman–Crippen MR) is 57.6 cm³/mol. The summed E-state index contributed by atoms with van der Waals surface area (Å²) < 4.78 is 4.99. The lowest BCUT2D eigenvalue weighted by molar-refractivity contribution is 0.0633. The van der Waals surface area contributed by atoms with E-state index in [4.69, 9.17) is 9.84 Å². The van der Waals surface area contributed by atoms with E-state index in [0.29, 0.717) is 0 Å². The van der Waals surface area contributed by atoms with Gasteiger partial charge in [0.2, 0.25) is 0 Å². The zero-order valence-corrected chi connectivity index (χ0v) is 9.33. The van der Waals surface area contributed by atoms with Crippen molar-refractivity contribution in [1.29, 1.82) is 0 Å². The Morgan fingerprint density at radius 2 is 2.06 bits per heavy atom. The summed E-state index contributed by atoms with van der Waals surface area (Å²) in [6.07, 6.45) is 0.654. The van der Waals surface area contributed by atoms with Gasteiger partial charge >= 0.3 is 12.1 Å². The average molecular weight is 226 g/mol. The summed E-state index contributed by atoms with van der Waals surface area (Å²) in [7, 11) is 0. The van der Waals surface area contributed by atoms with Crippen molar-refractivity contribution in [2.75, 3.05) is 5.32 Å². The molecule has 0 aliphatic heterocycles. The molecule has 0 aliphatic rings. The van der Waals surface area contributed by atoms with Crippen LogP contribution in [0.25, 0.3) is 0 Å². The second-order valence-corrected chi connectivity index (χ2v) is 4.23. The molecule has 0 spiro atoms. The third-order valence-corrected chi connectivity index (χ3v) is 1.57. The monoisotopic (exact) mass is 226 g/mol. The lowest BCUT2D eigenvalue weighted by Crippen LogP contribution is -2.27. The van der Waals surface area contributed by atoms with Gasteiger partial charge in [0, 0.05) is 6.20 Å². The number of aromatic nitrogens is 1. The number of nitrogens with one attached hydrogen (secondary N) is 2. The van der Waals surface area contributed by atoms with Crippen molar-refractivity contribution >= 4 is 17.9 Å². The number of carbonyl (C=O) groups is 2. The Morgan fingerprint density at radius 1 is 1.44 bits per heavy atom. The van der Waals surface area contributed by atoms with E-state index < -0.39 is 17.7 Å². The molecule has 0 aromatic carbocycles. The third-order valence-electron chi connectivity index (χ3n) is 1.57. The number of aromatic carboxylic acids is 1. The van der Waals surface area contributed by atoms with Crippen molar-refractivity contribution in [2.24, 2.45) is 0 Å². The molecule has 0 radical (unpaired) electrons. The van der Waals surface area contributed by atoms with Gasteiger partial charge in [0.1, 0.15) is 11.4 Å². The first kappa shape index (κ1) is 12.1. The van der Waals surface area contributed by atoms with E-state index in [1.54, 1.807) is 20.8 Å². The fraction of sp³-hybridized carbons (Fsp3) is 0.400. The van der Waals surface area contributed by atoms with E-state index in [2.05, 4.69) is 10.3 Å². The maximum absolute atomic E-state index is 11.3. The van der Waals surface area contributed by atoms with Crippen LogP contribution in [-0.4, -0.2) is 27.8 Å². The quantitative estimate of drug-likeness (QED) is 0.719. The standard InChI is InChI=1S/C10H14N2O4/c1-10(2,3)16-9(15)12-7-4-6(5-11-7)8(13)14/h4-5,11H,1-3H3,(H,12,15)(H,13,14). The number of carboxylic acids is 1. The topological polar surface area (TPSA) is 91.4 Å². The van der Waals surface area contributed by atoms with Crippen LogP contribution < -0.4 is 5.32 Å². The van der Waals surface area contributed by atoms with Gasteiger partial charge < -0.3 is 14.8 Å². The van der Waals surface area contributed by atoms with Crippen LogP contribution in [0.2, 0.25) is 0 Å². The minimum Gasteiger partial charge on any atom is -0.478 e. The molecular formula is C10H14N2O4. The number of aromatic amines is 1. The zero-order chi connectivity index (χ0) is 12.3. The predicted octanol–water partition coefficient (Wildman–Crippen LogP) is 2.06. The molecule has 16 heavy (non-hydrogen) atoms. The number of carbonyl (C=O) groups excluding carboxylic acids is 1. The second-order valence-electron chi connectivity index (χ2n) is 4.23. The highest BCUT2D eigenvalue weighted by Crippen LogP contribution is 2.12. The fourth-order valence-corrected chi connectivity index (χ4v) is 1.00. The number of hydrogen-bond donors (Lipinski definition) is 3. The number of amides is 1. The van der Waals surface area contributed by atoms with Gasteiger partial charge in [0.25, 0.3) is 0 Å². The largest absolute Gasteiger partial charge is 0.478 e. The minimum atomic E-state index is -1.06. The summed E-state index contributed by atoms with van der Waals surface area (Å²) in [5.74, 6) is -0.778. The molecule has 1 aromatic rings. The van der Waals surface area contributed by atoms with E-state index in [9.17, 15) is 9.59 Å². The highest BCUT2D eigenvalue weighted by atomic mass is 16.6. The summed E-state index contributed by atoms with van der Waals surface area (Å²) in [5.41, 5.74) is -0.516. The van der Waals surface area contributed by atoms with Crippen LogP contribution >= 0.6 is 0 Å². The van der Waals surface area contributed by atoms with Crippen LogP contribution in [0.5, 0.6) is 0 Å². The number of anilines is 1. The number of hydrogen-bond acceptors (Lipinski definition) is 3. The summed E-state index contributed by atoms with van der Waals surface area (Å²) in [6, 6.07) is 1.31. The third kappa shape index (κ3) is 3.64. The van der Waals surface area contributed by atoms with Gasteiger partial charge in [-0.3, -0.25) is 5.32 Å². The maximum Gasteiger partial charge on any atom is 0.413 e. The van der Waals surface area contributed by atoms with E-state index >= 15 is 0 Å². The Kier molecular flexibility index (Phi) is 3.22. The Morgan fingerprint density at radius 3 is 2.50 bits per heavy atom. The van der Waals surface area contributed by atoms with Gasteiger partial charge in [0.05, 0.1) is 5.56 Å². The lowest BCUT2D eigenvalue weighted by Gasteiger charge is -2.19. The summed E-state index contributed by atoms with van der Waals surface area (Å²) in [6.45, 7) is 5.22. The highest BCUT2D eigenvalue weighted by molar-refractivity contribution is 5.91. The molecule has 6 heteroatoms. The zero-order valence-electron chi connectivity index (χ0n) is 9.33. The smallest absolute Gasteiger partial charge is 0.413 e. The maximum atomic E-state index is 11.3. The van der Waals surface area contributed by atoms with E-state index in [1.165, 1.54) is 12.3 Å². The Hall–Kier alpha value is -1.98. The van der Waals surface area contributed by atoms with Crippen molar-refractivity contribution in [3.8, 4) is 0 Å². The van der Waals surface area contributed by atoms with Crippen molar-refractivity contribution in [3.63, 3.8) is 0 Å². The van der Waals surface area contributed by atoms with Crippen LogP contribution in [0.15, 0.2) is 12.3 Å². The molecule has 1 aromatic heterocycles. The number of H-pyrrole nitrogens is 1. The van der Waals surface area contributed by atoms with Gasteiger partial charge in [-0.25, -0.2) is 9.59 Å². The first-order valence-corrected chi connectivity index (χ1v) is 4.69. The fourth-order valence-electron chi connectivity index (χ4n) is 1.00. The molecule has 0 fully saturated rings. The molecule has 0 saturated heterocycles. The molecule has 1 rings (SSSR count). The molecule has 0 atom stereocenters. The molecule has 0 saturated carbocycles. The second kappa shape index (κ2) is 4.26. The molecule has 3 N–H and O–H groups in total. The normalized spacial score (nSPS) is 10.9. The van der Waals surface area contributed by atoms with Crippen LogP contribution in [0.4, 0.5) is 10.6 Å². The van der Waals surface area contributed by atoms with Gasteiger partial charge in [0.15, 0.2) is 0 Å². The number of carboxylic acid groups (broad SMARTS) is 1.